The van der Waals surface area contributed by atoms with E-state index in [1.54, 1.807) is 41.3 Å². The Kier molecular flexibility index (Phi) is 6.76. The molecule has 0 unspecified atom stereocenters. The quantitative estimate of drug-likeness (QED) is 0.329. The number of fused-ring (bicyclic) bond motifs is 1. The number of hydrogen-bond donors (Lipinski definition) is 2. The van der Waals surface area contributed by atoms with Gasteiger partial charge >= 0.3 is 0 Å². The molecule has 2 aliphatic heterocycles. The summed E-state index contributed by atoms with van der Waals surface area (Å²) in [6, 6.07) is 12.8. The van der Waals surface area contributed by atoms with Crippen molar-refractivity contribution in [1.29, 1.82) is 0 Å². The van der Waals surface area contributed by atoms with Crippen molar-refractivity contribution in [2.45, 2.75) is 57.6 Å². The Morgan fingerprint density at radius 1 is 1.05 bits per heavy atom. The third-order valence-corrected chi connectivity index (χ3v) is 8.71. The number of ether oxygens (including phenoxy) is 2. The first-order chi connectivity index (χ1) is 20.8. The highest BCUT2D eigenvalue weighted by atomic mass is 16.5. The third-order valence-electron chi connectivity index (χ3n) is 8.71. The van der Waals surface area contributed by atoms with E-state index in [9.17, 15) is 9.59 Å². The van der Waals surface area contributed by atoms with Gasteiger partial charge in [0, 0.05) is 47.9 Å². The van der Waals surface area contributed by atoms with Crippen LogP contribution >= 0.6 is 0 Å². The molecule has 7 rings (SSSR count). The fraction of sp³-hybridized carbons (Fsp3) is 0.406. The largest absolute Gasteiger partial charge is 0.490 e. The summed E-state index contributed by atoms with van der Waals surface area (Å²) in [7, 11) is 0. The number of nitrogen functional groups attached to an aromatic ring is 1. The zero-order valence-electron chi connectivity index (χ0n) is 24.3. The molecule has 2 atom stereocenters. The molecule has 1 aliphatic carbocycles. The lowest BCUT2D eigenvalue weighted by molar-refractivity contribution is -0.172. The minimum Gasteiger partial charge on any atom is -0.490 e. The molecule has 0 bridgehead atoms. The van der Waals surface area contributed by atoms with Crippen molar-refractivity contribution in [3.63, 3.8) is 0 Å². The molecule has 0 spiro atoms. The van der Waals surface area contributed by atoms with E-state index in [0.29, 0.717) is 48.2 Å². The van der Waals surface area contributed by atoms with Crippen LogP contribution < -0.4 is 15.8 Å². The summed E-state index contributed by atoms with van der Waals surface area (Å²) >= 11 is 0. The van der Waals surface area contributed by atoms with Crippen molar-refractivity contribution < 1.29 is 19.1 Å². The summed E-state index contributed by atoms with van der Waals surface area (Å²) in [6.45, 7) is 5.61. The third kappa shape index (κ3) is 5.18. The van der Waals surface area contributed by atoms with Crippen LogP contribution in [0.15, 0.2) is 54.9 Å². The predicted octanol–water partition coefficient (Wildman–Crippen LogP) is 4.32. The number of carbonyl (C=O) groups excluding carboxylic acids is 2. The number of pyridine rings is 2. The second-order valence-corrected chi connectivity index (χ2v) is 12.2. The Bertz CT molecular complexity index is 1690. The minimum atomic E-state index is -0.455. The fourth-order valence-corrected chi connectivity index (χ4v) is 5.96. The highest BCUT2D eigenvalue weighted by molar-refractivity contribution is 6.04. The molecule has 0 radical (unpaired) electrons. The molecule has 4 aromatic rings. The lowest BCUT2D eigenvalue weighted by Crippen LogP contribution is -2.57. The molecule has 3 N–H and O–H groups in total. The smallest absolute Gasteiger partial charge is 0.256 e. The number of benzene rings is 1. The van der Waals surface area contributed by atoms with E-state index in [2.05, 4.69) is 22.2 Å². The van der Waals surface area contributed by atoms with Gasteiger partial charge < -0.3 is 25.4 Å². The number of aromatic nitrogens is 4. The molecule has 2 saturated heterocycles. The van der Waals surface area contributed by atoms with Gasteiger partial charge in [0.25, 0.3) is 5.91 Å². The predicted molar refractivity (Wildman–Crippen MR) is 161 cm³/mol. The maximum atomic E-state index is 13.4. The lowest BCUT2D eigenvalue weighted by Gasteiger charge is -2.45. The molecule has 1 saturated carbocycles. The second-order valence-electron chi connectivity index (χ2n) is 12.2. The zero-order valence-corrected chi connectivity index (χ0v) is 24.3. The normalized spacial score (nSPS) is 21.3. The van der Waals surface area contributed by atoms with Gasteiger partial charge in [0.05, 0.1) is 36.1 Å². The SMILES string of the molecule is C[C@H]1CC[C@@H](c2nn(-c3ccc(C(=O)Nc4cc(OC5CC5)ccn4)cc3)c3c(N)nccc23)CN1C(=O)C1(C)COC1. The molecule has 1 aromatic carbocycles. The molecule has 3 aliphatic rings. The highest BCUT2D eigenvalue weighted by Gasteiger charge is 2.46. The first-order valence-corrected chi connectivity index (χ1v) is 14.9. The standard InChI is InChI=1S/C32H35N7O4/c1-19-3-4-21(16-38(19)31(41)32(2)17-42-18-32)27-25-12-14-35-29(33)28(25)39(37-27)22-7-5-20(6-8-22)30(40)36-26-15-24(11-13-34-26)43-23-9-10-23/h5-8,11-15,19,21,23H,3-4,9-10,16-18H2,1-2H3,(H2,33,35)(H,34,36,40)/t19-,21+/m0/s1. The first-order valence-electron chi connectivity index (χ1n) is 14.9. The van der Waals surface area contributed by atoms with E-state index in [-0.39, 0.29) is 29.9 Å². The maximum Gasteiger partial charge on any atom is 0.256 e. The van der Waals surface area contributed by atoms with Crippen LogP contribution in [0.4, 0.5) is 11.6 Å². The monoisotopic (exact) mass is 581 g/mol. The molecule has 11 nitrogen and oxygen atoms in total. The van der Waals surface area contributed by atoms with Gasteiger partial charge in [0.2, 0.25) is 5.91 Å². The van der Waals surface area contributed by atoms with Gasteiger partial charge in [0.1, 0.15) is 22.9 Å². The molecule has 5 heterocycles. The first kappa shape index (κ1) is 27.3. The van der Waals surface area contributed by atoms with Gasteiger partial charge in [-0.2, -0.15) is 5.10 Å². The van der Waals surface area contributed by atoms with Crippen molar-refractivity contribution in [3.8, 4) is 11.4 Å². The Balaban J connectivity index is 1.14. The number of carbonyl (C=O) groups is 2. The Hall–Kier alpha value is -4.51. The van der Waals surface area contributed by atoms with E-state index in [0.717, 1.165) is 42.5 Å². The highest BCUT2D eigenvalue weighted by Crippen LogP contribution is 2.38. The van der Waals surface area contributed by atoms with Crippen LogP contribution in [0.1, 0.15) is 61.5 Å². The van der Waals surface area contributed by atoms with Crippen molar-refractivity contribution in [3.05, 3.63) is 66.1 Å². The van der Waals surface area contributed by atoms with Crippen molar-refractivity contribution >= 4 is 34.4 Å². The Morgan fingerprint density at radius 3 is 2.53 bits per heavy atom. The van der Waals surface area contributed by atoms with Gasteiger partial charge in [-0.15, -0.1) is 0 Å². The number of rotatable bonds is 7. The van der Waals surface area contributed by atoms with Crippen LogP contribution in [0, 0.1) is 5.41 Å². The maximum absolute atomic E-state index is 13.4. The van der Waals surface area contributed by atoms with Gasteiger partial charge in [0.15, 0.2) is 0 Å². The average Bonchev–Trinajstić information content (AvgIpc) is 3.72. The van der Waals surface area contributed by atoms with Crippen LogP contribution in [-0.2, 0) is 9.53 Å². The number of likely N-dealkylation sites (tertiary alicyclic amines) is 1. The van der Waals surface area contributed by atoms with Crippen molar-refractivity contribution in [2.75, 3.05) is 30.8 Å². The second kappa shape index (κ2) is 10.6. The summed E-state index contributed by atoms with van der Waals surface area (Å²) in [5, 5.41) is 8.82. The number of nitrogens with two attached hydrogens (primary N) is 1. The number of nitrogens with zero attached hydrogens (tertiary/aromatic N) is 5. The Labute approximate surface area is 249 Å². The van der Waals surface area contributed by atoms with E-state index < -0.39 is 5.41 Å². The van der Waals surface area contributed by atoms with Crippen LogP contribution in [0.25, 0.3) is 16.6 Å². The Morgan fingerprint density at radius 2 is 1.81 bits per heavy atom. The van der Waals surface area contributed by atoms with Gasteiger partial charge in [-0.05, 0) is 75.9 Å². The average molecular weight is 582 g/mol. The van der Waals surface area contributed by atoms with Crippen LogP contribution in [0.3, 0.4) is 0 Å². The van der Waals surface area contributed by atoms with Gasteiger partial charge in [-0.3, -0.25) is 9.59 Å². The van der Waals surface area contributed by atoms with Gasteiger partial charge in [-0.1, -0.05) is 0 Å². The molecule has 3 fully saturated rings. The number of hydrogen-bond acceptors (Lipinski definition) is 8. The molecule has 43 heavy (non-hydrogen) atoms. The molecule has 11 heteroatoms. The molecule has 222 valence electrons. The van der Waals surface area contributed by atoms with Crippen LogP contribution in [0.5, 0.6) is 5.75 Å². The van der Waals surface area contributed by atoms with E-state index in [1.807, 2.05) is 30.0 Å². The van der Waals surface area contributed by atoms with Crippen LogP contribution in [0.2, 0.25) is 0 Å². The van der Waals surface area contributed by atoms with E-state index in [1.165, 1.54) is 0 Å². The number of amides is 2. The van der Waals surface area contributed by atoms with E-state index >= 15 is 0 Å². The minimum absolute atomic E-state index is 0.0486. The molecule has 3 aromatic heterocycles. The number of piperidine rings is 1. The number of nitrogens with one attached hydrogen (secondary N) is 1. The van der Waals surface area contributed by atoms with Gasteiger partial charge in [-0.25, -0.2) is 14.6 Å². The topological polar surface area (TPSA) is 137 Å². The summed E-state index contributed by atoms with van der Waals surface area (Å²) < 4.78 is 13.0. The molecule has 2 amide bonds. The number of anilines is 2. The zero-order chi connectivity index (χ0) is 29.7. The summed E-state index contributed by atoms with van der Waals surface area (Å²) in [6.07, 6.45) is 7.48. The van der Waals surface area contributed by atoms with E-state index in [4.69, 9.17) is 20.3 Å². The molecular formula is C32H35N7O4. The summed E-state index contributed by atoms with van der Waals surface area (Å²) in [5.74, 6) is 1.42. The molecular weight excluding hydrogens is 546 g/mol. The summed E-state index contributed by atoms with van der Waals surface area (Å²) in [5.41, 5.74) is 8.77. The lowest BCUT2D eigenvalue weighted by atomic mass is 9.83. The van der Waals surface area contributed by atoms with Crippen molar-refractivity contribution in [1.82, 2.24) is 24.6 Å². The van der Waals surface area contributed by atoms with Crippen LogP contribution in [-0.4, -0.2) is 68.4 Å². The van der Waals surface area contributed by atoms with Crippen molar-refractivity contribution in [2.24, 2.45) is 5.41 Å². The summed E-state index contributed by atoms with van der Waals surface area (Å²) in [4.78, 5) is 37.0. The fourth-order valence-electron chi connectivity index (χ4n) is 5.96.